The predicted octanol–water partition coefficient (Wildman–Crippen LogP) is 4.52. The number of hydrogen-bond acceptors (Lipinski definition) is 1. The van der Waals surface area contributed by atoms with Gasteiger partial charge < -0.3 is 4.74 Å². The van der Waals surface area contributed by atoms with Crippen molar-refractivity contribution in [2.24, 2.45) is 0 Å². The standard InChI is InChI=1S/C14H10F4O/c1-19-13-8-10(14(16,17)18)4-7-12(13)9-2-5-11(15)6-3-9/h2-8H,1H3. The van der Waals surface area contributed by atoms with Crippen LogP contribution in [0.25, 0.3) is 11.1 Å². The van der Waals surface area contributed by atoms with E-state index < -0.39 is 17.6 Å². The molecule has 0 unspecified atom stereocenters. The second-order valence-electron chi connectivity index (χ2n) is 3.92. The largest absolute Gasteiger partial charge is 0.496 e. The fraction of sp³-hybridized carbons (Fsp3) is 0.143. The van der Waals surface area contributed by atoms with Crippen molar-refractivity contribution in [3.63, 3.8) is 0 Å². The van der Waals surface area contributed by atoms with Crippen LogP contribution >= 0.6 is 0 Å². The summed E-state index contributed by atoms with van der Waals surface area (Å²) in [6.45, 7) is 0. The quantitative estimate of drug-likeness (QED) is 0.729. The minimum atomic E-state index is -4.42. The summed E-state index contributed by atoms with van der Waals surface area (Å²) in [6.07, 6.45) is -4.42. The topological polar surface area (TPSA) is 9.23 Å². The van der Waals surface area contributed by atoms with Gasteiger partial charge in [-0.15, -0.1) is 0 Å². The van der Waals surface area contributed by atoms with Crippen molar-refractivity contribution in [2.45, 2.75) is 6.18 Å². The van der Waals surface area contributed by atoms with E-state index in [4.69, 9.17) is 4.74 Å². The molecule has 1 nitrogen and oxygen atoms in total. The molecule has 100 valence electrons. The van der Waals surface area contributed by atoms with Crippen molar-refractivity contribution in [3.05, 3.63) is 53.8 Å². The molecule has 0 aliphatic carbocycles. The monoisotopic (exact) mass is 270 g/mol. The first-order chi connectivity index (χ1) is 8.91. The van der Waals surface area contributed by atoms with Crippen LogP contribution in [-0.4, -0.2) is 7.11 Å². The van der Waals surface area contributed by atoms with E-state index >= 15 is 0 Å². The van der Waals surface area contributed by atoms with Crippen LogP contribution in [-0.2, 0) is 6.18 Å². The van der Waals surface area contributed by atoms with Gasteiger partial charge >= 0.3 is 6.18 Å². The normalized spacial score (nSPS) is 11.4. The molecule has 2 aromatic rings. The van der Waals surface area contributed by atoms with Gasteiger partial charge in [-0.05, 0) is 29.8 Å². The van der Waals surface area contributed by atoms with Gasteiger partial charge in [0.05, 0.1) is 12.7 Å². The maximum Gasteiger partial charge on any atom is 0.416 e. The molecule has 0 aliphatic heterocycles. The Morgan fingerprint density at radius 2 is 1.58 bits per heavy atom. The molecule has 0 spiro atoms. The van der Waals surface area contributed by atoms with Gasteiger partial charge in [-0.3, -0.25) is 0 Å². The molecule has 0 atom stereocenters. The molecule has 0 N–H and O–H groups in total. The van der Waals surface area contributed by atoms with Crippen molar-refractivity contribution < 1.29 is 22.3 Å². The smallest absolute Gasteiger partial charge is 0.416 e. The highest BCUT2D eigenvalue weighted by atomic mass is 19.4. The van der Waals surface area contributed by atoms with Crippen LogP contribution in [0, 0.1) is 5.82 Å². The molecule has 0 saturated carbocycles. The molecular formula is C14H10F4O. The van der Waals surface area contributed by atoms with E-state index in [1.807, 2.05) is 0 Å². The number of rotatable bonds is 2. The Balaban J connectivity index is 2.50. The number of halogens is 4. The lowest BCUT2D eigenvalue weighted by Gasteiger charge is -2.12. The van der Waals surface area contributed by atoms with Crippen molar-refractivity contribution in [2.75, 3.05) is 7.11 Å². The minimum absolute atomic E-state index is 0.0985. The molecule has 2 aromatic carbocycles. The Morgan fingerprint density at radius 3 is 2.11 bits per heavy atom. The summed E-state index contributed by atoms with van der Waals surface area (Å²) in [5, 5.41) is 0. The Kier molecular flexibility index (Phi) is 3.46. The minimum Gasteiger partial charge on any atom is -0.496 e. The zero-order chi connectivity index (χ0) is 14.0. The lowest BCUT2D eigenvalue weighted by atomic mass is 10.0. The Bertz CT molecular complexity index is 573. The maximum absolute atomic E-state index is 12.8. The van der Waals surface area contributed by atoms with Gasteiger partial charge in [0.25, 0.3) is 0 Å². The van der Waals surface area contributed by atoms with Crippen LogP contribution < -0.4 is 4.74 Å². The molecule has 0 heterocycles. The van der Waals surface area contributed by atoms with Gasteiger partial charge in [0, 0.05) is 5.56 Å². The zero-order valence-corrected chi connectivity index (χ0v) is 9.96. The molecule has 0 saturated heterocycles. The second-order valence-corrected chi connectivity index (χ2v) is 3.92. The average Bonchev–Trinajstić information content (AvgIpc) is 2.38. The van der Waals surface area contributed by atoms with Gasteiger partial charge in [-0.2, -0.15) is 13.2 Å². The second kappa shape index (κ2) is 4.91. The van der Waals surface area contributed by atoms with Crippen LogP contribution in [0.1, 0.15) is 5.56 Å². The third kappa shape index (κ3) is 2.86. The molecule has 5 heteroatoms. The van der Waals surface area contributed by atoms with E-state index in [9.17, 15) is 17.6 Å². The molecule has 19 heavy (non-hydrogen) atoms. The van der Waals surface area contributed by atoms with Gasteiger partial charge in [0.2, 0.25) is 0 Å². The Morgan fingerprint density at radius 1 is 0.947 bits per heavy atom. The van der Waals surface area contributed by atoms with Gasteiger partial charge in [-0.1, -0.05) is 18.2 Å². The van der Waals surface area contributed by atoms with Crippen LogP contribution in [0.4, 0.5) is 17.6 Å². The summed E-state index contributed by atoms with van der Waals surface area (Å²) >= 11 is 0. The molecule has 0 aromatic heterocycles. The first-order valence-electron chi connectivity index (χ1n) is 5.43. The van der Waals surface area contributed by atoms with Crippen molar-refractivity contribution in [1.29, 1.82) is 0 Å². The fourth-order valence-corrected chi connectivity index (χ4v) is 1.74. The predicted molar refractivity (Wildman–Crippen MR) is 63.4 cm³/mol. The number of alkyl halides is 3. The van der Waals surface area contributed by atoms with Crippen molar-refractivity contribution >= 4 is 0 Å². The summed E-state index contributed by atoms with van der Waals surface area (Å²) < 4.78 is 55.6. The van der Waals surface area contributed by atoms with Gasteiger partial charge in [0.15, 0.2) is 0 Å². The number of ether oxygens (including phenoxy) is 1. The average molecular weight is 270 g/mol. The van der Waals surface area contributed by atoms with E-state index in [0.717, 1.165) is 12.1 Å². The number of hydrogen-bond donors (Lipinski definition) is 0. The van der Waals surface area contributed by atoms with Crippen LogP contribution in [0.2, 0.25) is 0 Å². The van der Waals surface area contributed by atoms with Crippen LogP contribution in [0.5, 0.6) is 5.75 Å². The third-order valence-corrected chi connectivity index (χ3v) is 2.68. The third-order valence-electron chi connectivity index (χ3n) is 2.68. The van der Waals surface area contributed by atoms with Crippen molar-refractivity contribution in [3.8, 4) is 16.9 Å². The molecule has 2 rings (SSSR count). The molecule has 0 radical (unpaired) electrons. The summed E-state index contributed by atoms with van der Waals surface area (Å²) in [6, 6.07) is 8.68. The van der Waals surface area contributed by atoms with Crippen LogP contribution in [0.3, 0.4) is 0 Å². The van der Waals surface area contributed by atoms with E-state index in [1.54, 1.807) is 0 Å². The van der Waals surface area contributed by atoms with Crippen molar-refractivity contribution in [1.82, 2.24) is 0 Å². The maximum atomic E-state index is 12.8. The molecule has 0 amide bonds. The van der Waals surface area contributed by atoms with Gasteiger partial charge in [-0.25, -0.2) is 4.39 Å². The van der Waals surface area contributed by atoms with E-state index in [1.165, 1.54) is 37.4 Å². The summed E-state index contributed by atoms with van der Waals surface area (Å²) in [7, 11) is 1.29. The lowest BCUT2D eigenvalue weighted by molar-refractivity contribution is -0.137. The molecule has 0 aliphatic rings. The summed E-state index contributed by atoms with van der Waals surface area (Å²) in [5.74, 6) is -0.309. The highest BCUT2D eigenvalue weighted by molar-refractivity contribution is 5.71. The molecule has 0 bridgehead atoms. The lowest BCUT2D eigenvalue weighted by Crippen LogP contribution is -2.05. The first kappa shape index (κ1) is 13.4. The highest BCUT2D eigenvalue weighted by Gasteiger charge is 2.31. The summed E-state index contributed by atoms with van der Waals surface area (Å²) in [4.78, 5) is 0. The van der Waals surface area contributed by atoms with E-state index in [-0.39, 0.29) is 5.75 Å². The summed E-state index contributed by atoms with van der Waals surface area (Å²) in [5.41, 5.74) is 0.290. The van der Waals surface area contributed by atoms with Crippen LogP contribution in [0.15, 0.2) is 42.5 Å². The van der Waals surface area contributed by atoms with Gasteiger partial charge in [0.1, 0.15) is 11.6 Å². The molecule has 0 fully saturated rings. The Labute approximate surface area is 107 Å². The Hall–Kier alpha value is -2.04. The fourth-order valence-electron chi connectivity index (χ4n) is 1.74. The SMILES string of the molecule is COc1cc(C(F)(F)F)ccc1-c1ccc(F)cc1. The van der Waals surface area contributed by atoms with E-state index in [0.29, 0.717) is 11.1 Å². The number of benzene rings is 2. The number of methoxy groups -OCH3 is 1. The molecular weight excluding hydrogens is 260 g/mol. The first-order valence-corrected chi connectivity index (χ1v) is 5.43. The van der Waals surface area contributed by atoms with E-state index in [2.05, 4.69) is 0 Å². The highest BCUT2D eigenvalue weighted by Crippen LogP contribution is 2.36. The zero-order valence-electron chi connectivity index (χ0n) is 9.96.